The molecule has 10 nitrogen and oxygen atoms in total. The van der Waals surface area contributed by atoms with Crippen LogP contribution in [0.25, 0.3) is 0 Å². The predicted molar refractivity (Wildman–Crippen MR) is 153 cm³/mol. The zero-order valence-corrected chi connectivity index (χ0v) is 25.3. The number of amides is 2. The second kappa shape index (κ2) is 12.2. The van der Waals surface area contributed by atoms with Crippen LogP contribution in [0.5, 0.6) is 0 Å². The highest BCUT2D eigenvalue weighted by atomic mass is 32.2. The number of hydrogen-bond donors (Lipinski definition) is 1. The first-order valence-electron chi connectivity index (χ1n) is 13.5. The van der Waals surface area contributed by atoms with Gasteiger partial charge in [-0.15, -0.1) is 11.3 Å². The van der Waals surface area contributed by atoms with Crippen LogP contribution in [0.2, 0.25) is 0 Å². The van der Waals surface area contributed by atoms with Crippen LogP contribution in [-0.2, 0) is 39.8 Å². The van der Waals surface area contributed by atoms with Crippen molar-refractivity contribution in [2.75, 3.05) is 20.6 Å². The molecule has 1 aliphatic carbocycles. The van der Waals surface area contributed by atoms with Crippen LogP contribution in [0, 0.1) is 13.8 Å². The van der Waals surface area contributed by atoms with E-state index < -0.39 is 21.5 Å². The molecule has 1 aliphatic rings. The van der Waals surface area contributed by atoms with E-state index in [2.05, 4.69) is 23.0 Å². The van der Waals surface area contributed by atoms with Gasteiger partial charge in [0.15, 0.2) is 0 Å². The number of nitrogens with one attached hydrogen (secondary N) is 1. The van der Waals surface area contributed by atoms with Crippen molar-refractivity contribution >= 4 is 33.4 Å². The van der Waals surface area contributed by atoms with E-state index in [1.165, 1.54) is 25.4 Å². The molecule has 0 radical (unpaired) electrons. The molecule has 40 heavy (non-hydrogen) atoms. The van der Waals surface area contributed by atoms with Crippen molar-refractivity contribution in [1.82, 2.24) is 23.9 Å². The summed E-state index contributed by atoms with van der Waals surface area (Å²) in [4.78, 5) is 38.2. The Kier molecular flexibility index (Phi) is 9.11. The highest BCUT2D eigenvalue weighted by Gasteiger charge is 2.54. The fourth-order valence-corrected chi connectivity index (χ4v) is 6.08. The van der Waals surface area contributed by atoms with Gasteiger partial charge in [-0.1, -0.05) is 19.4 Å². The van der Waals surface area contributed by atoms with E-state index in [4.69, 9.17) is 4.42 Å². The first-order valence-corrected chi connectivity index (χ1v) is 15.7. The smallest absolute Gasteiger partial charge is 0.303 e. The zero-order valence-electron chi connectivity index (χ0n) is 23.7. The molecular weight excluding hydrogens is 550 g/mol. The summed E-state index contributed by atoms with van der Waals surface area (Å²) >= 11 is 1.28. The van der Waals surface area contributed by atoms with Crippen molar-refractivity contribution in [2.45, 2.75) is 71.3 Å². The predicted octanol–water partition coefficient (Wildman–Crippen LogP) is 3.93. The summed E-state index contributed by atoms with van der Waals surface area (Å²) in [5, 5.41) is 0.564. The molecule has 2 amide bonds. The fraction of sp³-hybridized carbons (Fsp3) is 0.500. The van der Waals surface area contributed by atoms with Gasteiger partial charge in [0.25, 0.3) is 5.91 Å². The maximum Gasteiger partial charge on any atom is 0.303 e. The number of furan rings is 1. The minimum atomic E-state index is -3.96. The third-order valence-corrected chi connectivity index (χ3v) is 9.39. The lowest BCUT2D eigenvalue weighted by Gasteiger charge is -2.26. The summed E-state index contributed by atoms with van der Waals surface area (Å²) in [6, 6.07) is 7.90. The van der Waals surface area contributed by atoms with Crippen LogP contribution in [0.1, 0.15) is 75.8 Å². The maximum atomic E-state index is 14.1. The molecule has 0 atom stereocenters. The zero-order chi connectivity index (χ0) is 29.1. The molecule has 0 unspecified atom stereocenters. The summed E-state index contributed by atoms with van der Waals surface area (Å²) in [6.45, 7) is 6.43. The van der Waals surface area contributed by atoms with E-state index in [-0.39, 0.29) is 18.1 Å². The Morgan fingerprint density at radius 1 is 1.12 bits per heavy atom. The third kappa shape index (κ3) is 6.79. The van der Waals surface area contributed by atoms with E-state index in [9.17, 15) is 18.0 Å². The molecule has 3 heterocycles. The molecule has 216 valence electrons. The molecule has 0 spiro atoms. The quantitative estimate of drug-likeness (QED) is 0.321. The van der Waals surface area contributed by atoms with Crippen LogP contribution >= 0.6 is 11.3 Å². The van der Waals surface area contributed by atoms with E-state index in [0.29, 0.717) is 29.3 Å². The molecule has 0 aromatic carbocycles. The topological polar surface area (TPSA) is 126 Å². The van der Waals surface area contributed by atoms with Crippen LogP contribution < -0.4 is 4.72 Å². The van der Waals surface area contributed by atoms with Gasteiger partial charge >= 0.3 is 10.2 Å². The second-order valence-corrected chi connectivity index (χ2v) is 13.6. The van der Waals surface area contributed by atoms with Gasteiger partial charge in [0, 0.05) is 38.1 Å². The molecule has 0 saturated heterocycles. The lowest BCUT2D eigenvalue weighted by atomic mass is 9.98. The monoisotopic (exact) mass is 587 g/mol. The maximum absolute atomic E-state index is 14.1. The highest BCUT2D eigenvalue weighted by Crippen LogP contribution is 2.49. The molecule has 4 rings (SSSR count). The molecule has 3 aromatic rings. The highest BCUT2D eigenvalue weighted by molar-refractivity contribution is 7.87. The summed E-state index contributed by atoms with van der Waals surface area (Å²) in [7, 11) is -1.29. The average Bonchev–Trinajstić information content (AvgIpc) is 3.48. The number of hydrogen-bond acceptors (Lipinski definition) is 8. The summed E-state index contributed by atoms with van der Waals surface area (Å²) in [6.07, 6.45) is 6.67. The Labute approximate surface area is 240 Å². The first kappa shape index (κ1) is 29.9. The van der Waals surface area contributed by atoms with Gasteiger partial charge in [0.1, 0.15) is 22.2 Å². The summed E-state index contributed by atoms with van der Waals surface area (Å²) in [5.41, 5.74) is 1.32. The second-order valence-electron chi connectivity index (χ2n) is 10.5. The minimum absolute atomic E-state index is 0.00657. The van der Waals surface area contributed by atoms with Crippen molar-refractivity contribution in [3.63, 3.8) is 0 Å². The molecule has 1 fully saturated rings. The van der Waals surface area contributed by atoms with Gasteiger partial charge in [-0.05, 0) is 63.3 Å². The van der Waals surface area contributed by atoms with Crippen molar-refractivity contribution in [3.05, 3.63) is 68.8 Å². The number of nitrogens with zero attached hydrogens (tertiary/aromatic N) is 4. The van der Waals surface area contributed by atoms with Crippen molar-refractivity contribution in [2.24, 2.45) is 0 Å². The number of carbonyl (C=O) groups excluding carboxylic acids is 2. The van der Waals surface area contributed by atoms with Crippen LogP contribution in [0.15, 0.2) is 34.9 Å². The van der Waals surface area contributed by atoms with Crippen LogP contribution in [0.3, 0.4) is 0 Å². The minimum Gasteiger partial charge on any atom is -0.466 e. The van der Waals surface area contributed by atoms with Gasteiger partial charge in [-0.25, -0.2) is 9.71 Å². The largest absolute Gasteiger partial charge is 0.466 e. The Hall–Kier alpha value is -3.09. The fourth-order valence-electron chi connectivity index (χ4n) is 4.62. The normalized spacial score (nSPS) is 14.3. The number of pyridine rings is 1. The molecule has 0 aliphatic heterocycles. The number of thiazole rings is 1. The summed E-state index contributed by atoms with van der Waals surface area (Å²) < 4.78 is 33.0. The van der Waals surface area contributed by atoms with Crippen molar-refractivity contribution in [1.29, 1.82) is 0 Å². The van der Waals surface area contributed by atoms with E-state index in [1.54, 1.807) is 11.8 Å². The first-order chi connectivity index (χ1) is 18.9. The molecular formula is C28H37N5O5S2. The van der Waals surface area contributed by atoms with E-state index >= 15 is 0 Å². The molecule has 12 heteroatoms. The lowest BCUT2D eigenvalue weighted by molar-refractivity contribution is -0.134. The number of aromatic nitrogens is 2. The van der Waals surface area contributed by atoms with Gasteiger partial charge in [0.05, 0.1) is 17.7 Å². The third-order valence-electron chi connectivity index (χ3n) is 7.03. The average molecular weight is 588 g/mol. The Balaban J connectivity index is 1.55. The van der Waals surface area contributed by atoms with Crippen LogP contribution in [0.4, 0.5) is 0 Å². The molecule has 0 bridgehead atoms. The van der Waals surface area contributed by atoms with Gasteiger partial charge in [0.2, 0.25) is 5.91 Å². The Morgan fingerprint density at radius 3 is 2.45 bits per heavy atom. The van der Waals surface area contributed by atoms with Crippen molar-refractivity contribution < 1.29 is 22.4 Å². The summed E-state index contributed by atoms with van der Waals surface area (Å²) in [5.74, 6) is 0.908. The molecule has 1 saturated carbocycles. The molecule has 3 aromatic heterocycles. The Morgan fingerprint density at radius 2 is 1.88 bits per heavy atom. The number of carbonyl (C=O) groups is 2. The van der Waals surface area contributed by atoms with Crippen LogP contribution in [-0.4, -0.2) is 60.0 Å². The van der Waals surface area contributed by atoms with Gasteiger partial charge in [-0.3, -0.25) is 14.6 Å². The number of aryl methyl sites for hydroxylation is 4. The van der Waals surface area contributed by atoms with Gasteiger partial charge in [-0.2, -0.15) is 12.7 Å². The standard InChI is InChI=1S/C28H37N5O5S2/c1-6-8-21-11-13-23(29-17-21)28(14-15-28)27(35)33(16-7-9-22-12-10-19(2)38-22)18-24-30-25(20(3)39-24)26(34)31-40(36,37)32(4)5/h10-13,17H,6-9,14-16,18H2,1-5H3,(H,31,34). The van der Waals surface area contributed by atoms with Crippen molar-refractivity contribution in [3.8, 4) is 0 Å². The molecule has 1 N–H and O–H groups in total. The van der Waals surface area contributed by atoms with Gasteiger partial charge < -0.3 is 9.32 Å². The van der Waals surface area contributed by atoms with E-state index in [0.717, 1.165) is 52.8 Å². The van der Waals surface area contributed by atoms with E-state index in [1.807, 2.05) is 36.0 Å². The SMILES string of the molecule is CCCc1ccc(C2(C(=O)N(CCCc3ccc(C)o3)Cc3nc(C(=O)NS(=O)(=O)N(C)C)c(C)s3)CC2)nc1. The lowest BCUT2D eigenvalue weighted by Crippen LogP contribution is -2.40. The Bertz CT molecular complexity index is 1460. The number of rotatable bonds is 13.